The Labute approximate surface area is 123 Å². The normalized spacial score (nSPS) is 27.6. The number of rotatable bonds is 4. The zero-order chi connectivity index (χ0) is 14.2. The minimum absolute atomic E-state index is 0.0235. The molecule has 0 amide bonds. The molecule has 0 spiro atoms. The molecule has 1 aliphatic carbocycles. The first kappa shape index (κ1) is 14.9. The molecular formula is C12H18N2O2S3. The Morgan fingerprint density at radius 2 is 2.11 bits per heavy atom. The summed E-state index contributed by atoms with van der Waals surface area (Å²) in [6, 6.07) is 3.24. The first-order valence-corrected chi connectivity index (χ1v) is 8.94. The maximum absolute atomic E-state index is 12.3. The molecule has 0 saturated heterocycles. The van der Waals surface area contributed by atoms with Crippen molar-refractivity contribution in [2.75, 3.05) is 0 Å². The molecule has 1 saturated carbocycles. The van der Waals surface area contributed by atoms with E-state index in [1.807, 2.05) is 0 Å². The van der Waals surface area contributed by atoms with Crippen LogP contribution in [0.1, 0.15) is 31.6 Å². The Morgan fingerprint density at radius 3 is 2.58 bits per heavy atom. The highest BCUT2D eigenvalue weighted by atomic mass is 32.2. The average Bonchev–Trinajstić information content (AvgIpc) is 2.92. The van der Waals surface area contributed by atoms with Crippen molar-refractivity contribution in [2.45, 2.75) is 36.9 Å². The van der Waals surface area contributed by atoms with Crippen molar-refractivity contribution in [1.82, 2.24) is 4.72 Å². The van der Waals surface area contributed by atoms with Crippen LogP contribution >= 0.6 is 23.6 Å². The molecule has 3 N–H and O–H groups in total. The summed E-state index contributed by atoms with van der Waals surface area (Å²) in [5, 5.41) is 0. The third-order valence-electron chi connectivity index (χ3n) is 3.86. The van der Waals surface area contributed by atoms with Gasteiger partial charge in [-0.3, -0.25) is 0 Å². The maximum atomic E-state index is 12.3. The van der Waals surface area contributed by atoms with Crippen molar-refractivity contribution < 1.29 is 8.42 Å². The molecule has 1 aliphatic rings. The number of thiocarbonyl (C=S) groups is 1. The van der Waals surface area contributed by atoms with E-state index in [9.17, 15) is 8.42 Å². The molecular weight excluding hydrogens is 300 g/mol. The van der Waals surface area contributed by atoms with Crippen molar-refractivity contribution in [3.63, 3.8) is 0 Å². The summed E-state index contributed by atoms with van der Waals surface area (Å²) in [5.74, 6) is 0.924. The molecule has 0 aliphatic heterocycles. The lowest BCUT2D eigenvalue weighted by atomic mass is 9.98. The molecule has 4 nitrogen and oxygen atoms in total. The molecule has 1 heterocycles. The van der Waals surface area contributed by atoms with Crippen molar-refractivity contribution >= 4 is 38.6 Å². The van der Waals surface area contributed by atoms with Gasteiger partial charge in [0.05, 0.1) is 4.88 Å². The predicted molar refractivity (Wildman–Crippen MR) is 81.9 cm³/mol. The van der Waals surface area contributed by atoms with E-state index >= 15 is 0 Å². The second-order valence-electron chi connectivity index (χ2n) is 5.12. The van der Waals surface area contributed by atoms with Gasteiger partial charge in [0.2, 0.25) is 10.0 Å². The van der Waals surface area contributed by atoms with Crippen LogP contribution in [0.25, 0.3) is 0 Å². The van der Waals surface area contributed by atoms with Gasteiger partial charge in [-0.15, -0.1) is 11.3 Å². The van der Waals surface area contributed by atoms with Crippen LogP contribution in [-0.4, -0.2) is 19.4 Å². The molecule has 106 valence electrons. The van der Waals surface area contributed by atoms with Gasteiger partial charge in [-0.1, -0.05) is 26.1 Å². The first-order chi connectivity index (χ1) is 8.81. The highest BCUT2D eigenvalue weighted by Crippen LogP contribution is 2.32. The van der Waals surface area contributed by atoms with Gasteiger partial charge in [-0.2, -0.15) is 0 Å². The van der Waals surface area contributed by atoms with E-state index in [-0.39, 0.29) is 15.2 Å². The molecule has 19 heavy (non-hydrogen) atoms. The van der Waals surface area contributed by atoms with Gasteiger partial charge in [-0.05, 0) is 36.8 Å². The lowest BCUT2D eigenvalue weighted by Crippen LogP contribution is -2.36. The standard InChI is InChI=1S/C12H18N2O2S3/c1-7-3-4-9(8(7)2)14-19(15,16)11-6-5-10(18-11)12(13)17/h5-9,14H,3-4H2,1-2H3,(H2,13,17). The van der Waals surface area contributed by atoms with Crippen LogP contribution < -0.4 is 10.5 Å². The van der Waals surface area contributed by atoms with Gasteiger partial charge < -0.3 is 5.73 Å². The van der Waals surface area contributed by atoms with Gasteiger partial charge in [0.15, 0.2) is 0 Å². The molecule has 2 rings (SSSR count). The monoisotopic (exact) mass is 318 g/mol. The van der Waals surface area contributed by atoms with Crippen molar-refractivity contribution in [2.24, 2.45) is 17.6 Å². The second-order valence-corrected chi connectivity index (χ2v) is 8.59. The quantitative estimate of drug-likeness (QED) is 0.834. The van der Waals surface area contributed by atoms with E-state index in [0.29, 0.717) is 16.7 Å². The fourth-order valence-electron chi connectivity index (χ4n) is 2.39. The summed E-state index contributed by atoms with van der Waals surface area (Å²) in [6.07, 6.45) is 1.96. The van der Waals surface area contributed by atoms with Crippen LogP contribution in [0.2, 0.25) is 0 Å². The molecule has 1 fully saturated rings. The minimum atomic E-state index is -3.46. The molecule has 1 aromatic heterocycles. The molecule has 0 radical (unpaired) electrons. The summed E-state index contributed by atoms with van der Waals surface area (Å²) in [5.41, 5.74) is 5.50. The number of nitrogens with one attached hydrogen (secondary N) is 1. The van der Waals surface area contributed by atoms with E-state index in [1.54, 1.807) is 12.1 Å². The number of hydrogen-bond acceptors (Lipinski definition) is 4. The van der Waals surface area contributed by atoms with Crippen LogP contribution in [-0.2, 0) is 10.0 Å². The molecule has 3 atom stereocenters. The predicted octanol–water partition coefficient (Wildman–Crippen LogP) is 2.10. The Balaban J connectivity index is 2.16. The van der Waals surface area contributed by atoms with Crippen molar-refractivity contribution in [3.05, 3.63) is 17.0 Å². The summed E-state index contributed by atoms with van der Waals surface area (Å²) < 4.78 is 27.7. The van der Waals surface area contributed by atoms with Gasteiger partial charge in [0.25, 0.3) is 0 Å². The molecule has 0 aromatic carbocycles. The lowest BCUT2D eigenvalue weighted by Gasteiger charge is -2.19. The van der Waals surface area contributed by atoms with E-state index in [0.717, 1.165) is 24.2 Å². The van der Waals surface area contributed by atoms with Crippen LogP contribution in [0, 0.1) is 11.8 Å². The van der Waals surface area contributed by atoms with Crippen LogP contribution in [0.5, 0.6) is 0 Å². The zero-order valence-electron chi connectivity index (χ0n) is 10.9. The highest BCUT2D eigenvalue weighted by Gasteiger charge is 2.33. The maximum Gasteiger partial charge on any atom is 0.250 e. The number of thiophene rings is 1. The highest BCUT2D eigenvalue weighted by molar-refractivity contribution is 7.91. The average molecular weight is 318 g/mol. The fraction of sp³-hybridized carbons (Fsp3) is 0.583. The van der Waals surface area contributed by atoms with Crippen LogP contribution in [0.4, 0.5) is 0 Å². The third kappa shape index (κ3) is 3.16. The molecule has 0 bridgehead atoms. The molecule has 1 aromatic rings. The summed E-state index contributed by atoms with van der Waals surface area (Å²) in [7, 11) is -3.46. The topological polar surface area (TPSA) is 72.2 Å². The SMILES string of the molecule is CC1CCC(NS(=O)(=O)c2ccc(C(N)=S)s2)C1C. The third-order valence-corrected chi connectivity index (χ3v) is 7.31. The lowest BCUT2D eigenvalue weighted by molar-refractivity contribution is 0.402. The fourth-order valence-corrected chi connectivity index (χ4v) is 5.11. The Hall–Kier alpha value is -0.500. The van der Waals surface area contributed by atoms with Gasteiger partial charge in [-0.25, -0.2) is 13.1 Å². The number of sulfonamides is 1. The Kier molecular flexibility index (Phi) is 4.29. The summed E-state index contributed by atoms with van der Waals surface area (Å²) >= 11 is 5.97. The smallest absolute Gasteiger partial charge is 0.250 e. The van der Waals surface area contributed by atoms with Crippen molar-refractivity contribution in [1.29, 1.82) is 0 Å². The van der Waals surface area contributed by atoms with E-state index in [2.05, 4.69) is 18.6 Å². The first-order valence-electron chi connectivity index (χ1n) is 6.23. The van der Waals surface area contributed by atoms with E-state index in [1.165, 1.54) is 0 Å². The zero-order valence-corrected chi connectivity index (χ0v) is 13.4. The van der Waals surface area contributed by atoms with E-state index < -0.39 is 10.0 Å². The van der Waals surface area contributed by atoms with E-state index in [4.69, 9.17) is 18.0 Å². The largest absolute Gasteiger partial charge is 0.389 e. The Morgan fingerprint density at radius 1 is 1.42 bits per heavy atom. The van der Waals surface area contributed by atoms with Crippen molar-refractivity contribution in [3.8, 4) is 0 Å². The molecule has 7 heteroatoms. The number of nitrogens with two attached hydrogens (primary N) is 1. The van der Waals surface area contributed by atoms with Crippen LogP contribution in [0.3, 0.4) is 0 Å². The second kappa shape index (κ2) is 5.47. The van der Waals surface area contributed by atoms with Gasteiger partial charge >= 0.3 is 0 Å². The number of hydrogen-bond donors (Lipinski definition) is 2. The summed E-state index contributed by atoms with van der Waals surface area (Å²) in [4.78, 5) is 0.859. The van der Waals surface area contributed by atoms with Crippen LogP contribution in [0.15, 0.2) is 16.3 Å². The van der Waals surface area contributed by atoms with Gasteiger partial charge in [0.1, 0.15) is 9.20 Å². The Bertz CT molecular complexity index is 580. The molecule has 3 unspecified atom stereocenters. The van der Waals surface area contributed by atoms with Gasteiger partial charge in [0, 0.05) is 6.04 Å². The minimum Gasteiger partial charge on any atom is -0.389 e. The summed E-state index contributed by atoms with van der Waals surface area (Å²) in [6.45, 7) is 4.26.